The van der Waals surface area contributed by atoms with E-state index in [1.54, 1.807) is 6.08 Å². The lowest BCUT2D eigenvalue weighted by molar-refractivity contribution is -0.123. The largest absolute Gasteiger partial charge is 0.394 e. The minimum atomic E-state index is -0.859. The Labute approximate surface area is 395 Å². The fourth-order valence-corrected chi connectivity index (χ4v) is 8.96. The van der Waals surface area contributed by atoms with Crippen LogP contribution in [0.3, 0.4) is 0 Å². The molecule has 0 saturated heterocycles. The highest BCUT2D eigenvalue weighted by atomic mass is 16.3. The first-order valence-corrected chi connectivity index (χ1v) is 28.7. The van der Waals surface area contributed by atoms with Crippen molar-refractivity contribution in [1.29, 1.82) is 0 Å². The Morgan fingerprint density at radius 1 is 0.365 bits per heavy atom. The van der Waals surface area contributed by atoms with E-state index in [4.69, 9.17) is 0 Å². The SMILES string of the molecule is CCCCCCCCCC/C=C\CCCCCCCCCCCCCCCCCCCCCCCCCCCC(=O)NC(CO)C(O)/C=C/CC/C=C/CCCCCCCCCC. The second-order valence-corrected chi connectivity index (χ2v) is 19.7. The zero-order valence-corrected chi connectivity index (χ0v) is 42.9. The van der Waals surface area contributed by atoms with Gasteiger partial charge in [0, 0.05) is 6.42 Å². The van der Waals surface area contributed by atoms with Gasteiger partial charge in [0.1, 0.15) is 0 Å². The number of hydrogen-bond acceptors (Lipinski definition) is 3. The van der Waals surface area contributed by atoms with Crippen molar-refractivity contribution in [2.24, 2.45) is 0 Å². The molecule has 0 aliphatic rings. The van der Waals surface area contributed by atoms with Gasteiger partial charge in [0.15, 0.2) is 0 Å². The lowest BCUT2D eigenvalue weighted by Gasteiger charge is -2.19. The van der Waals surface area contributed by atoms with Crippen LogP contribution in [0.25, 0.3) is 0 Å². The number of amides is 1. The van der Waals surface area contributed by atoms with Crippen molar-refractivity contribution in [1.82, 2.24) is 5.32 Å². The summed E-state index contributed by atoms with van der Waals surface area (Å²) in [4.78, 5) is 12.4. The predicted octanol–water partition coefficient (Wildman–Crippen LogP) is 18.9. The first-order valence-electron chi connectivity index (χ1n) is 28.7. The molecule has 0 aromatic carbocycles. The van der Waals surface area contributed by atoms with Gasteiger partial charge in [0.05, 0.1) is 18.8 Å². The zero-order valence-electron chi connectivity index (χ0n) is 42.9. The minimum Gasteiger partial charge on any atom is -0.394 e. The van der Waals surface area contributed by atoms with Crippen molar-refractivity contribution in [2.75, 3.05) is 6.61 Å². The molecule has 0 bridgehead atoms. The van der Waals surface area contributed by atoms with Crippen molar-refractivity contribution >= 4 is 5.91 Å². The Morgan fingerprint density at radius 3 is 0.921 bits per heavy atom. The van der Waals surface area contributed by atoms with Crippen LogP contribution >= 0.6 is 0 Å². The van der Waals surface area contributed by atoms with Crippen molar-refractivity contribution in [3.05, 3.63) is 36.5 Å². The predicted molar refractivity (Wildman–Crippen MR) is 281 cm³/mol. The average molecular weight is 885 g/mol. The van der Waals surface area contributed by atoms with Crippen molar-refractivity contribution in [3.63, 3.8) is 0 Å². The van der Waals surface area contributed by atoms with Crippen LogP contribution in [-0.2, 0) is 4.79 Å². The summed E-state index contributed by atoms with van der Waals surface area (Å²) in [6.45, 7) is 4.31. The van der Waals surface area contributed by atoms with Crippen LogP contribution in [0.1, 0.15) is 316 Å². The maximum atomic E-state index is 12.4. The Hall–Kier alpha value is -1.39. The topological polar surface area (TPSA) is 69.6 Å². The van der Waals surface area contributed by atoms with Crippen molar-refractivity contribution in [2.45, 2.75) is 328 Å². The summed E-state index contributed by atoms with van der Waals surface area (Å²) in [5.74, 6) is -0.0690. The van der Waals surface area contributed by atoms with E-state index in [9.17, 15) is 15.0 Å². The molecule has 0 fully saturated rings. The van der Waals surface area contributed by atoms with Crippen molar-refractivity contribution in [3.8, 4) is 0 Å². The Balaban J connectivity index is 3.39. The molecule has 2 atom stereocenters. The number of hydrogen-bond donors (Lipinski definition) is 3. The lowest BCUT2D eigenvalue weighted by Crippen LogP contribution is -2.45. The van der Waals surface area contributed by atoms with E-state index >= 15 is 0 Å². The minimum absolute atomic E-state index is 0.0690. The third-order valence-electron chi connectivity index (χ3n) is 13.3. The quantitative estimate of drug-likeness (QED) is 0.0421. The molecule has 1 amide bonds. The van der Waals surface area contributed by atoms with Crippen LogP contribution in [0.4, 0.5) is 0 Å². The van der Waals surface area contributed by atoms with Gasteiger partial charge in [-0.05, 0) is 57.8 Å². The highest BCUT2D eigenvalue weighted by Crippen LogP contribution is 2.17. The third kappa shape index (κ3) is 51.5. The fraction of sp³-hybridized carbons (Fsp3) is 0.881. The first kappa shape index (κ1) is 61.6. The molecule has 0 aromatic rings. The molecule has 372 valence electrons. The van der Waals surface area contributed by atoms with E-state index in [0.29, 0.717) is 6.42 Å². The summed E-state index contributed by atoms with van der Waals surface area (Å²) in [6.07, 6.45) is 74.7. The third-order valence-corrected chi connectivity index (χ3v) is 13.3. The van der Waals surface area contributed by atoms with Gasteiger partial charge in [-0.1, -0.05) is 288 Å². The Bertz CT molecular complexity index is 958. The van der Waals surface area contributed by atoms with Gasteiger partial charge in [-0.25, -0.2) is 0 Å². The second-order valence-electron chi connectivity index (χ2n) is 19.7. The normalized spacial score (nSPS) is 13.0. The van der Waals surface area contributed by atoms with Gasteiger partial charge in [-0.2, -0.15) is 0 Å². The number of aliphatic hydroxyl groups is 2. The highest BCUT2D eigenvalue weighted by molar-refractivity contribution is 5.76. The summed E-state index contributed by atoms with van der Waals surface area (Å²) in [5.41, 5.74) is 0. The summed E-state index contributed by atoms with van der Waals surface area (Å²) in [6, 6.07) is -0.636. The van der Waals surface area contributed by atoms with Crippen LogP contribution in [-0.4, -0.2) is 34.9 Å². The van der Waals surface area contributed by atoms with E-state index in [1.807, 2.05) is 6.08 Å². The molecular formula is C59H113NO3. The molecule has 3 N–H and O–H groups in total. The van der Waals surface area contributed by atoms with Crippen LogP contribution in [0.2, 0.25) is 0 Å². The van der Waals surface area contributed by atoms with E-state index in [2.05, 4.69) is 43.5 Å². The molecule has 0 radical (unpaired) electrons. The van der Waals surface area contributed by atoms with Crippen LogP contribution in [0.15, 0.2) is 36.5 Å². The van der Waals surface area contributed by atoms with Crippen molar-refractivity contribution < 1.29 is 15.0 Å². The molecule has 0 aliphatic heterocycles. The number of carbonyl (C=O) groups excluding carboxylic acids is 1. The number of unbranched alkanes of at least 4 members (excludes halogenated alkanes) is 42. The van der Waals surface area contributed by atoms with Gasteiger partial charge in [0.25, 0.3) is 0 Å². The van der Waals surface area contributed by atoms with E-state index in [-0.39, 0.29) is 12.5 Å². The number of allylic oxidation sites excluding steroid dienone is 5. The van der Waals surface area contributed by atoms with Crippen LogP contribution in [0.5, 0.6) is 0 Å². The smallest absolute Gasteiger partial charge is 0.220 e. The van der Waals surface area contributed by atoms with E-state index < -0.39 is 12.1 Å². The molecule has 0 aliphatic carbocycles. The van der Waals surface area contributed by atoms with Crippen LogP contribution < -0.4 is 5.32 Å². The highest BCUT2D eigenvalue weighted by Gasteiger charge is 2.18. The summed E-state index contributed by atoms with van der Waals surface area (Å²) >= 11 is 0. The lowest BCUT2D eigenvalue weighted by atomic mass is 10.0. The van der Waals surface area contributed by atoms with Gasteiger partial charge in [-0.3, -0.25) is 4.79 Å². The molecule has 4 heteroatoms. The molecule has 63 heavy (non-hydrogen) atoms. The maximum Gasteiger partial charge on any atom is 0.220 e. The molecule has 0 heterocycles. The van der Waals surface area contributed by atoms with Gasteiger partial charge in [-0.15, -0.1) is 0 Å². The summed E-state index contributed by atoms with van der Waals surface area (Å²) in [7, 11) is 0. The molecule has 0 saturated carbocycles. The van der Waals surface area contributed by atoms with Gasteiger partial charge >= 0.3 is 0 Å². The van der Waals surface area contributed by atoms with Gasteiger partial charge < -0.3 is 15.5 Å². The number of carbonyl (C=O) groups is 1. The number of rotatable bonds is 53. The summed E-state index contributed by atoms with van der Waals surface area (Å²) < 4.78 is 0. The molecule has 0 spiro atoms. The molecule has 0 aromatic heterocycles. The Kier molecular flexibility index (Phi) is 53.7. The van der Waals surface area contributed by atoms with E-state index in [0.717, 1.165) is 32.1 Å². The molecule has 2 unspecified atom stereocenters. The van der Waals surface area contributed by atoms with E-state index in [1.165, 1.54) is 263 Å². The Morgan fingerprint density at radius 2 is 0.619 bits per heavy atom. The molecular weight excluding hydrogens is 771 g/mol. The number of aliphatic hydroxyl groups excluding tert-OH is 2. The maximum absolute atomic E-state index is 12.4. The zero-order chi connectivity index (χ0) is 45.6. The average Bonchev–Trinajstić information content (AvgIpc) is 3.29. The number of nitrogens with one attached hydrogen (secondary N) is 1. The molecule has 0 rings (SSSR count). The second kappa shape index (κ2) is 54.9. The standard InChI is InChI=1S/C59H113NO3/c1-3-5-7-9-11-13-15-17-19-20-21-22-23-24-25-26-27-28-29-30-31-32-33-34-35-36-37-38-39-40-41-43-45-47-49-51-53-55-59(63)60-57(56-61)58(62)54-52-50-48-46-44-42-18-16-14-12-10-8-6-4-2/h20-21,44,46,52,54,57-58,61-62H,3-19,22-43,45,47-51,53,55-56H2,1-2H3,(H,60,63)/b21-20-,46-44+,54-52+. The summed E-state index contributed by atoms with van der Waals surface area (Å²) in [5, 5.41) is 23.1. The first-order chi connectivity index (χ1) is 31.2. The fourth-order valence-electron chi connectivity index (χ4n) is 8.96. The monoisotopic (exact) mass is 884 g/mol. The van der Waals surface area contributed by atoms with Crippen LogP contribution in [0, 0.1) is 0 Å². The molecule has 4 nitrogen and oxygen atoms in total. The van der Waals surface area contributed by atoms with Gasteiger partial charge in [0.2, 0.25) is 5.91 Å².